The van der Waals surface area contributed by atoms with E-state index < -0.39 is 28.6 Å². The maximum atomic E-state index is 12.8. The molecule has 0 heterocycles. The second kappa shape index (κ2) is 9.02. The van der Waals surface area contributed by atoms with Gasteiger partial charge in [0.25, 0.3) is 0 Å². The smallest absolute Gasteiger partial charge is 0.318 e. The molecule has 0 bridgehead atoms. The van der Waals surface area contributed by atoms with Crippen LogP contribution in [-0.4, -0.2) is 17.5 Å². The van der Waals surface area contributed by atoms with Crippen LogP contribution in [0.3, 0.4) is 0 Å². The number of alkyl halides is 3. The highest BCUT2D eigenvalue weighted by atomic mass is 35.5. The summed E-state index contributed by atoms with van der Waals surface area (Å²) in [5.41, 5.74) is 1.71. The van der Waals surface area contributed by atoms with E-state index in [-0.39, 0.29) is 5.69 Å². The molecule has 1 aromatic carbocycles. The van der Waals surface area contributed by atoms with Crippen LogP contribution in [0.4, 0.5) is 18.9 Å². The molecule has 1 saturated carbocycles. The molecule has 1 fully saturated rings. The van der Waals surface area contributed by atoms with Crippen LogP contribution < -0.4 is 10.7 Å². The van der Waals surface area contributed by atoms with Crippen LogP contribution in [0, 0.1) is 0 Å². The number of nitrogens with one attached hydrogen (secondary N) is 2. The first-order valence-electron chi connectivity index (χ1n) is 8.31. The van der Waals surface area contributed by atoms with Crippen LogP contribution in [-0.2, 0) is 15.8 Å². The van der Waals surface area contributed by atoms with Crippen molar-refractivity contribution in [3.63, 3.8) is 0 Å². The summed E-state index contributed by atoms with van der Waals surface area (Å²) in [5, 5.41) is 5.60. The predicted molar refractivity (Wildman–Crippen MR) is 93.0 cm³/mol. The third-order valence-electron chi connectivity index (χ3n) is 3.98. The SMILES string of the molecule is O=C(NN=C1CCCCCCC1)C(=O)Nc1ccc(Cl)c(C(F)(F)F)c1. The number of halogens is 4. The van der Waals surface area contributed by atoms with E-state index in [2.05, 4.69) is 15.8 Å². The first-order valence-corrected chi connectivity index (χ1v) is 8.68. The van der Waals surface area contributed by atoms with Gasteiger partial charge in [0.2, 0.25) is 0 Å². The molecule has 2 N–H and O–H groups in total. The van der Waals surface area contributed by atoms with E-state index >= 15 is 0 Å². The zero-order valence-electron chi connectivity index (χ0n) is 14.0. The molecule has 0 unspecified atom stereocenters. The minimum absolute atomic E-state index is 0.180. The molecule has 2 amide bonds. The standard InChI is InChI=1S/C17H19ClF3N3O2/c18-14-9-8-12(10-13(14)17(19,20)21)22-15(25)16(26)24-23-11-6-4-2-1-3-5-7-11/h8-10H,1-7H2,(H,22,25)(H,24,26). The van der Waals surface area contributed by atoms with Crippen molar-refractivity contribution in [3.8, 4) is 0 Å². The molecule has 0 radical (unpaired) electrons. The molecular formula is C17H19ClF3N3O2. The molecule has 1 aromatic rings. The molecule has 0 spiro atoms. The Morgan fingerprint density at radius 1 is 1.00 bits per heavy atom. The number of carbonyl (C=O) groups is 2. The van der Waals surface area contributed by atoms with Crippen molar-refractivity contribution in [2.24, 2.45) is 5.10 Å². The van der Waals surface area contributed by atoms with Crippen molar-refractivity contribution in [2.75, 3.05) is 5.32 Å². The highest BCUT2D eigenvalue weighted by Crippen LogP contribution is 2.36. The molecular weight excluding hydrogens is 371 g/mol. The van der Waals surface area contributed by atoms with Crippen LogP contribution in [0.25, 0.3) is 0 Å². The van der Waals surface area contributed by atoms with Gasteiger partial charge >= 0.3 is 18.0 Å². The Morgan fingerprint density at radius 3 is 2.23 bits per heavy atom. The molecule has 5 nitrogen and oxygen atoms in total. The molecule has 142 valence electrons. The van der Waals surface area contributed by atoms with Gasteiger partial charge in [0.15, 0.2) is 0 Å². The Morgan fingerprint density at radius 2 is 1.62 bits per heavy atom. The van der Waals surface area contributed by atoms with Gasteiger partial charge < -0.3 is 5.32 Å². The van der Waals surface area contributed by atoms with Crippen molar-refractivity contribution in [3.05, 3.63) is 28.8 Å². The minimum atomic E-state index is -4.66. The summed E-state index contributed by atoms with van der Waals surface area (Å²) in [6.45, 7) is 0. The summed E-state index contributed by atoms with van der Waals surface area (Å²) in [6.07, 6.45) is 2.20. The van der Waals surface area contributed by atoms with Gasteiger partial charge in [0.05, 0.1) is 10.6 Å². The Bertz CT molecular complexity index is 695. The second-order valence-electron chi connectivity index (χ2n) is 6.03. The molecule has 2 rings (SSSR count). The van der Waals surface area contributed by atoms with Gasteiger partial charge in [0.1, 0.15) is 0 Å². The number of anilines is 1. The van der Waals surface area contributed by atoms with Gasteiger partial charge in [-0.25, -0.2) is 5.43 Å². The Balaban J connectivity index is 1.97. The summed E-state index contributed by atoms with van der Waals surface area (Å²) in [6, 6.07) is 2.87. The largest absolute Gasteiger partial charge is 0.417 e. The summed E-state index contributed by atoms with van der Waals surface area (Å²) < 4.78 is 38.5. The maximum Gasteiger partial charge on any atom is 0.417 e. The number of hydrogen-bond acceptors (Lipinski definition) is 3. The Hall–Kier alpha value is -2.09. The number of amides is 2. The molecule has 1 aliphatic carbocycles. The molecule has 0 saturated heterocycles. The molecule has 0 aromatic heterocycles. The zero-order valence-corrected chi connectivity index (χ0v) is 14.7. The lowest BCUT2D eigenvalue weighted by atomic mass is 9.99. The predicted octanol–water partition coefficient (Wildman–Crippen LogP) is 4.51. The summed E-state index contributed by atoms with van der Waals surface area (Å²) in [5.74, 6) is -2.14. The average molecular weight is 390 g/mol. The van der Waals surface area contributed by atoms with E-state index in [0.29, 0.717) is 6.07 Å². The number of hydrogen-bond donors (Lipinski definition) is 2. The lowest BCUT2D eigenvalue weighted by Crippen LogP contribution is -2.33. The van der Waals surface area contributed by atoms with E-state index in [1.807, 2.05) is 0 Å². The Kier molecular flexibility index (Phi) is 7.02. The number of benzene rings is 1. The molecule has 26 heavy (non-hydrogen) atoms. The van der Waals surface area contributed by atoms with Crippen molar-refractivity contribution >= 4 is 34.8 Å². The van der Waals surface area contributed by atoms with Crippen LogP contribution in [0.1, 0.15) is 50.5 Å². The van der Waals surface area contributed by atoms with Gasteiger partial charge in [-0.2, -0.15) is 18.3 Å². The lowest BCUT2D eigenvalue weighted by molar-refractivity contribution is -0.137. The Labute approximate surface area is 154 Å². The quantitative estimate of drug-likeness (QED) is 0.577. The second-order valence-corrected chi connectivity index (χ2v) is 6.44. The highest BCUT2D eigenvalue weighted by molar-refractivity contribution is 6.39. The van der Waals surface area contributed by atoms with Crippen molar-refractivity contribution < 1.29 is 22.8 Å². The fourth-order valence-electron chi connectivity index (χ4n) is 2.61. The number of hydrazone groups is 1. The first kappa shape index (κ1) is 20.2. The van der Waals surface area contributed by atoms with Gasteiger partial charge in [-0.3, -0.25) is 9.59 Å². The normalized spacial score (nSPS) is 15.6. The van der Waals surface area contributed by atoms with E-state index in [1.165, 1.54) is 12.5 Å². The van der Waals surface area contributed by atoms with Crippen molar-refractivity contribution in [2.45, 2.75) is 51.1 Å². The summed E-state index contributed by atoms with van der Waals surface area (Å²) in [4.78, 5) is 23.7. The van der Waals surface area contributed by atoms with Gasteiger partial charge in [-0.05, 0) is 43.9 Å². The van der Waals surface area contributed by atoms with Gasteiger partial charge in [-0.1, -0.05) is 30.9 Å². The van der Waals surface area contributed by atoms with Crippen LogP contribution >= 0.6 is 11.6 Å². The first-order chi connectivity index (χ1) is 12.3. The van der Waals surface area contributed by atoms with E-state index in [4.69, 9.17) is 11.6 Å². The number of rotatable bonds is 2. The molecule has 9 heteroatoms. The van der Waals surface area contributed by atoms with Gasteiger partial charge in [0, 0.05) is 11.4 Å². The van der Waals surface area contributed by atoms with E-state index in [0.717, 1.165) is 50.3 Å². The highest BCUT2D eigenvalue weighted by Gasteiger charge is 2.33. The third-order valence-corrected chi connectivity index (χ3v) is 4.31. The van der Waals surface area contributed by atoms with Crippen LogP contribution in [0.2, 0.25) is 5.02 Å². The van der Waals surface area contributed by atoms with Crippen LogP contribution in [0.5, 0.6) is 0 Å². The summed E-state index contributed by atoms with van der Waals surface area (Å²) >= 11 is 5.51. The maximum absolute atomic E-state index is 12.8. The number of carbonyl (C=O) groups excluding carboxylic acids is 2. The zero-order chi connectivity index (χ0) is 19.2. The summed E-state index contributed by atoms with van der Waals surface area (Å²) in [7, 11) is 0. The average Bonchev–Trinajstić information content (AvgIpc) is 2.54. The minimum Gasteiger partial charge on any atom is -0.318 e. The third kappa shape index (κ3) is 6.01. The molecule has 1 aliphatic rings. The fourth-order valence-corrected chi connectivity index (χ4v) is 2.84. The van der Waals surface area contributed by atoms with E-state index in [9.17, 15) is 22.8 Å². The van der Waals surface area contributed by atoms with Crippen molar-refractivity contribution in [1.82, 2.24) is 5.43 Å². The number of nitrogens with zero attached hydrogens (tertiary/aromatic N) is 1. The fraction of sp³-hybridized carbons (Fsp3) is 0.471. The van der Waals surface area contributed by atoms with Crippen molar-refractivity contribution in [1.29, 1.82) is 0 Å². The van der Waals surface area contributed by atoms with Gasteiger partial charge in [-0.15, -0.1) is 0 Å². The van der Waals surface area contributed by atoms with E-state index in [1.54, 1.807) is 0 Å². The topological polar surface area (TPSA) is 70.6 Å². The lowest BCUT2D eigenvalue weighted by Gasteiger charge is -2.12. The molecule has 0 atom stereocenters. The monoisotopic (exact) mass is 389 g/mol. The molecule has 0 aliphatic heterocycles. The van der Waals surface area contributed by atoms with Crippen LogP contribution in [0.15, 0.2) is 23.3 Å².